The second kappa shape index (κ2) is 15.9. The molecule has 0 spiro atoms. The second-order valence-electron chi connectivity index (χ2n) is 5.30. The number of carbonyl (C=O) groups is 5. The van der Waals surface area contributed by atoms with Gasteiger partial charge < -0.3 is 10.4 Å². The molecule has 1 aliphatic heterocycles. The molecule has 29 heavy (non-hydrogen) atoms. The largest absolute Gasteiger partial charge is 0.475 e. The van der Waals surface area contributed by atoms with E-state index in [4.69, 9.17) is 10.2 Å². The Morgan fingerprint density at radius 3 is 2.38 bits per heavy atom. The van der Waals surface area contributed by atoms with Crippen LogP contribution in [0.15, 0.2) is 0 Å². The second-order valence-corrected chi connectivity index (χ2v) is 9.89. The lowest BCUT2D eigenvalue weighted by atomic mass is 10.2. The lowest BCUT2D eigenvalue weighted by Crippen LogP contribution is -2.34. The number of carboxylic acid groups (broad SMARTS) is 1. The maximum absolute atomic E-state index is 11.9. The lowest BCUT2D eigenvalue weighted by molar-refractivity contribution is -0.149. The summed E-state index contributed by atoms with van der Waals surface area (Å²) in [5.74, 6) is -2.26. The van der Waals surface area contributed by atoms with E-state index in [1.165, 1.54) is 38.2 Å². The quantitative estimate of drug-likeness (QED) is 0.113. The first-order chi connectivity index (χ1) is 13.8. The summed E-state index contributed by atoms with van der Waals surface area (Å²) in [4.78, 5) is 58.6. The number of carbonyl (C=O) groups excluding carboxylic acids is 4. The highest BCUT2D eigenvalue weighted by Crippen LogP contribution is 2.25. The number of nitrogens with one attached hydrogen (secondary N) is 1. The minimum absolute atomic E-state index is 0.131. The predicted octanol–water partition coefficient (Wildman–Crippen LogP) is 1.02. The Morgan fingerprint density at radius 1 is 1.24 bits per heavy atom. The van der Waals surface area contributed by atoms with Crippen LogP contribution in [0.1, 0.15) is 26.7 Å². The number of Topliss-reactive ketones (excluding diaryl/α,β-unsaturated/α-hetero) is 1. The zero-order valence-electron chi connectivity index (χ0n) is 16.5. The molecule has 0 saturated carbocycles. The summed E-state index contributed by atoms with van der Waals surface area (Å²) in [6.07, 6.45) is 1.78. The molecule has 166 valence electrons. The van der Waals surface area contributed by atoms with Gasteiger partial charge in [-0.15, -0.1) is 0 Å². The number of aliphatic carboxylic acids is 1. The van der Waals surface area contributed by atoms with E-state index in [-0.39, 0.29) is 29.9 Å². The van der Waals surface area contributed by atoms with E-state index in [0.717, 1.165) is 0 Å². The molecule has 1 rings (SSSR count). The number of imide groups is 1. The van der Waals surface area contributed by atoms with Crippen LogP contribution in [0.4, 0.5) is 0 Å². The molecule has 9 nitrogen and oxygen atoms in total. The summed E-state index contributed by atoms with van der Waals surface area (Å²) >= 11 is 1.92. The van der Waals surface area contributed by atoms with Crippen molar-refractivity contribution in [2.45, 2.75) is 37.2 Å². The van der Waals surface area contributed by atoms with Gasteiger partial charge in [0.1, 0.15) is 0 Å². The minimum atomic E-state index is -1.61. The topological polar surface area (TPSA) is 147 Å². The van der Waals surface area contributed by atoms with Crippen LogP contribution in [0.3, 0.4) is 0 Å². The highest BCUT2D eigenvalue weighted by Gasteiger charge is 2.37. The van der Waals surface area contributed by atoms with E-state index in [2.05, 4.69) is 5.32 Å². The maximum atomic E-state index is 11.9. The fourth-order valence-corrected chi connectivity index (χ4v) is 5.10. The minimum Gasteiger partial charge on any atom is -0.475 e. The number of likely N-dealkylation sites (tertiary alicyclic amines) is 1. The molecule has 2 atom stereocenters. The first-order valence-corrected chi connectivity index (χ1v) is 13.5. The van der Waals surface area contributed by atoms with Crippen molar-refractivity contribution in [3.63, 3.8) is 0 Å². The third-order valence-corrected chi connectivity index (χ3v) is 7.55. The third kappa shape index (κ3) is 10.1. The van der Waals surface area contributed by atoms with Crippen molar-refractivity contribution < 1.29 is 29.1 Å². The summed E-state index contributed by atoms with van der Waals surface area (Å²) in [6.45, 7) is 4.71. The first kappa shape index (κ1) is 28.1. The van der Waals surface area contributed by atoms with E-state index < -0.39 is 22.9 Å². The molecule has 0 aromatic heterocycles. The maximum Gasteiger partial charge on any atom is 0.373 e. The van der Waals surface area contributed by atoms with Crippen LogP contribution in [-0.2, 0) is 24.0 Å². The van der Waals surface area contributed by atoms with Crippen molar-refractivity contribution in [2.24, 2.45) is 5.14 Å². The molecule has 0 aromatic carbocycles. The number of thioether (sulfide) groups is 1. The van der Waals surface area contributed by atoms with E-state index in [1.807, 2.05) is 20.1 Å². The van der Waals surface area contributed by atoms with Gasteiger partial charge in [0.25, 0.3) is 5.78 Å². The molecule has 1 aliphatic rings. The Kier molecular flexibility index (Phi) is 15.4. The zero-order valence-corrected chi connectivity index (χ0v) is 19.8. The first-order valence-electron chi connectivity index (χ1n) is 8.82. The third-order valence-electron chi connectivity index (χ3n) is 3.51. The molecule has 1 fully saturated rings. The molecule has 2 unspecified atom stereocenters. The Labute approximate surface area is 186 Å². The molecule has 0 radical (unpaired) electrons. The SMILES string of the molecule is CC.CSC1CC(=O)N(CCSSCCNC(=O)CC(SN)C(=O)C(=O)O)C1=O. The van der Waals surface area contributed by atoms with Gasteiger partial charge in [-0.3, -0.25) is 29.2 Å². The van der Waals surface area contributed by atoms with Gasteiger partial charge in [0.15, 0.2) is 0 Å². The average molecular weight is 486 g/mol. The number of hydrogen-bond donors (Lipinski definition) is 3. The number of rotatable bonds is 13. The van der Waals surface area contributed by atoms with Gasteiger partial charge in [-0.1, -0.05) is 47.4 Å². The van der Waals surface area contributed by atoms with Crippen LogP contribution >= 0.6 is 45.3 Å². The molecular weight excluding hydrogens is 458 g/mol. The van der Waals surface area contributed by atoms with Crippen LogP contribution in [0.25, 0.3) is 0 Å². The van der Waals surface area contributed by atoms with Crippen LogP contribution in [0.2, 0.25) is 0 Å². The zero-order chi connectivity index (χ0) is 22.4. The molecule has 0 aromatic rings. The van der Waals surface area contributed by atoms with Crippen LogP contribution in [-0.4, -0.2) is 80.8 Å². The number of carboxylic acids is 1. The highest BCUT2D eigenvalue weighted by atomic mass is 33.1. The molecule has 0 aliphatic carbocycles. The Balaban J connectivity index is 0.00000379. The Bertz CT molecular complexity index is 593. The summed E-state index contributed by atoms with van der Waals surface area (Å²) in [5.41, 5.74) is 0. The van der Waals surface area contributed by atoms with Crippen LogP contribution in [0.5, 0.6) is 0 Å². The van der Waals surface area contributed by atoms with Gasteiger partial charge in [-0.2, -0.15) is 11.8 Å². The molecule has 3 amide bonds. The Hall–Kier alpha value is -0.890. The van der Waals surface area contributed by atoms with Gasteiger partial charge in [-0.05, 0) is 6.26 Å². The van der Waals surface area contributed by atoms with Crippen molar-refractivity contribution in [3.05, 3.63) is 0 Å². The van der Waals surface area contributed by atoms with Crippen molar-refractivity contribution in [2.75, 3.05) is 30.9 Å². The summed E-state index contributed by atoms with van der Waals surface area (Å²) in [7, 11) is 2.97. The highest BCUT2D eigenvalue weighted by molar-refractivity contribution is 8.76. The lowest BCUT2D eigenvalue weighted by Gasteiger charge is -2.14. The molecule has 4 N–H and O–H groups in total. The van der Waals surface area contributed by atoms with Crippen molar-refractivity contribution in [1.82, 2.24) is 10.2 Å². The molecule has 0 bridgehead atoms. The average Bonchev–Trinajstić information content (AvgIpc) is 2.99. The van der Waals surface area contributed by atoms with E-state index in [9.17, 15) is 24.0 Å². The van der Waals surface area contributed by atoms with Crippen molar-refractivity contribution in [1.29, 1.82) is 0 Å². The van der Waals surface area contributed by atoms with Gasteiger partial charge in [0.05, 0.1) is 10.5 Å². The van der Waals surface area contributed by atoms with Gasteiger partial charge in [0, 0.05) is 37.4 Å². The molecule has 1 heterocycles. The Morgan fingerprint density at radius 2 is 1.86 bits per heavy atom. The number of ketones is 1. The molecule has 1 saturated heterocycles. The van der Waals surface area contributed by atoms with Crippen LogP contribution < -0.4 is 10.5 Å². The van der Waals surface area contributed by atoms with E-state index in [1.54, 1.807) is 0 Å². The van der Waals surface area contributed by atoms with E-state index >= 15 is 0 Å². The molecule has 13 heteroatoms. The molecular formula is C16H27N3O6S4. The number of nitrogens with zero attached hydrogens (tertiary/aromatic N) is 1. The predicted molar refractivity (Wildman–Crippen MR) is 121 cm³/mol. The summed E-state index contributed by atoms with van der Waals surface area (Å²) in [5, 5.41) is 15.1. The number of hydrogen-bond acceptors (Lipinski definition) is 10. The standard InChI is InChI=1S/C14H21N3O6S4.C2H6/c1-24-9-7-11(19)17(13(9)21)3-5-26-25-4-2-16-10(18)6-8(27-15)12(20)14(22)23;1-2/h8-9H,2-7,15H2,1H3,(H,16,18)(H,22,23);1-2H3. The van der Waals surface area contributed by atoms with Gasteiger partial charge >= 0.3 is 5.97 Å². The number of amides is 3. The van der Waals surface area contributed by atoms with Gasteiger partial charge in [-0.25, -0.2) is 4.79 Å². The monoisotopic (exact) mass is 485 g/mol. The fraction of sp³-hybridized carbons (Fsp3) is 0.688. The fourth-order valence-electron chi connectivity index (χ4n) is 2.13. The van der Waals surface area contributed by atoms with E-state index in [0.29, 0.717) is 36.5 Å². The smallest absolute Gasteiger partial charge is 0.373 e. The summed E-state index contributed by atoms with van der Waals surface area (Å²) < 4.78 is 0. The van der Waals surface area contributed by atoms with Gasteiger partial charge in [0.2, 0.25) is 17.7 Å². The summed E-state index contributed by atoms with van der Waals surface area (Å²) in [6, 6.07) is 0. The normalized spacial score (nSPS) is 16.8. The van der Waals surface area contributed by atoms with Crippen LogP contribution in [0, 0.1) is 0 Å². The van der Waals surface area contributed by atoms with Crippen molar-refractivity contribution >= 4 is 74.8 Å². The number of nitrogens with two attached hydrogens (primary N) is 1. The van der Waals surface area contributed by atoms with Crippen molar-refractivity contribution in [3.8, 4) is 0 Å².